The van der Waals surface area contributed by atoms with Crippen molar-refractivity contribution in [2.24, 2.45) is 0 Å². The highest BCUT2D eigenvalue weighted by Gasteiger charge is 2.04. The van der Waals surface area contributed by atoms with Gasteiger partial charge in [0.15, 0.2) is 6.61 Å². The average molecular weight is 272 g/mol. The summed E-state index contributed by atoms with van der Waals surface area (Å²) in [5.74, 6) is 1.62. The third-order valence-electron chi connectivity index (χ3n) is 2.61. The van der Waals surface area contributed by atoms with Gasteiger partial charge in [0, 0.05) is 6.20 Å². The Bertz CT molecular complexity index is 582. The van der Waals surface area contributed by atoms with E-state index in [9.17, 15) is 4.79 Å². The highest BCUT2D eigenvalue weighted by atomic mass is 16.5. The number of nitrogens with zero attached hydrogens (tertiary/aromatic N) is 1. The van der Waals surface area contributed by atoms with E-state index in [1.54, 1.807) is 43.6 Å². The second-order valence-corrected chi connectivity index (χ2v) is 4.23. The zero-order valence-electron chi connectivity index (χ0n) is 11.4. The zero-order valence-corrected chi connectivity index (χ0v) is 11.4. The van der Waals surface area contributed by atoms with E-state index in [1.165, 1.54) is 0 Å². The monoisotopic (exact) mass is 272 g/mol. The number of nitrogens with one attached hydrogen (secondary N) is 1. The number of aryl methyl sites for hydroxylation is 1. The molecule has 0 spiro atoms. The van der Waals surface area contributed by atoms with E-state index in [-0.39, 0.29) is 12.5 Å². The van der Waals surface area contributed by atoms with Gasteiger partial charge in [0.05, 0.1) is 7.11 Å². The maximum Gasteiger partial charge on any atom is 0.263 e. The van der Waals surface area contributed by atoms with Gasteiger partial charge in [-0.2, -0.15) is 0 Å². The minimum absolute atomic E-state index is 0.0675. The van der Waals surface area contributed by atoms with Crippen molar-refractivity contribution in [3.8, 4) is 11.5 Å². The largest absolute Gasteiger partial charge is 0.497 e. The molecule has 5 nitrogen and oxygen atoms in total. The molecule has 0 bridgehead atoms. The molecule has 1 amide bonds. The van der Waals surface area contributed by atoms with Crippen LogP contribution in [0.5, 0.6) is 11.5 Å². The molecule has 0 saturated heterocycles. The summed E-state index contributed by atoms with van der Waals surface area (Å²) in [5.41, 5.74) is 1.03. The van der Waals surface area contributed by atoms with E-state index in [0.29, 0.717) is 11.6 Å². The normalized spacial score (nSPS) is 9.90. The summed E-state index contributed by atoms with van der Waals surface area (Å²) in [6, 6.07) is 10.7. The predicted octanol–water partition coefficient (Wildman–Crippen LogP) is 2.42. The summed E-state index contributed by atoms with van der Waals surface area (Å²) in [7, 11) is 1.60. The number of hydrogen-bond acceptors (Lipinski definition) is 4. The van der Waals surface area contributed by atoms with Crippen LogP contribution in [0.4, 0.5) is 5.82 Å². The second-order valence-electron chi connectivity index (χ2n) is 4.23. The molecule has 20 heavy (non-hydrogen) atoms. The van der Waals surface area contributed by atoms with Crippen LogP contribution in [0.3, 0.4) is 0 Å². The van der Waals surface area contributed by atoms with Crippen molar-refractivity contribution >= 4 is 11.7 Å². The fourth-order valence-corrected chi connectivity index (χ4v) is 1.60. The predicted molar refractivity (Wildman–Crippen MR) is 76.1 cm³/mol. The van der Waals surface area contributed by atoms with Crippen LogP contribution >= 0.6 is 0 Å². The van der Waals surface area contributed by atoms with Crippen molar-refractivity contribution in [1.82, 2.24) is 4.98 Å². The number of hydrogen-bond donors (Lipinski definition) is 1. The SMILES string of the molecule is COc1ccc(OCC(=O)Nc2cc(C)ccn2)cc1. The maximum atomic E-state index is 11.7. The lowest BCUT2D eigenvalue weighted by Crippen LogP contribution is -2.20. The highest BCUT2D eigenvalue weighted by molar-refractivity contribution is 5.90. The summed E-state index contributed by atoms with van der Waals surface area (Å²) in [6.07, 6.45) is 1.65. The summed E-state index contributed by atoms with van der Waals surface area (Å²) >= 11 is 0. The Balaban J connectivity index is 1.85. The number of rotatable bonds is 5. The Hall–Kier alpha value is -2.56. The van der Waals surface area contributed by atoms with Crippen LogP contribution < -0.4 is 14.8 Å². The van der Waals surface area contributed by atoms with Gasteiger partial charge >= 0.3 is 0 Å². The van der Waals surface area contributed by atoms with Crippen molar-refractivity contribution in [1.29, 1.82) is 0 Å². The van der Waals surface area contributed by atoms with Crippen LogP contribution in [-0.2, 0) is 4.79 Å². The van der Waals surface area contributed by atoms with Gasteiger partial charge < -0.3 is 14.8 Å². The van der Waals surface area contributed by atoms with Gasteiger partial charge in [-0.05, 0) is 48.9 Å². The molecular formula is C15H16N2O3. The molecule has 0 aliphatic carbocycles. The van der Waals surface area contributed by atoms with Crippen LogP contribution in [0.2, 0.25) is 0 Å². The molecule has 0 aliphatic rings. The van der Waals surface area contributed by atoms with Crippen LogP contribution in [-0.4, -0.2) is 24.6 Å². The Kier molecular flexibility index (Phi) is 4.55. The molecule has 2 rings (SSSR count). The number of ether oxygens (including phenoxy) is 2. The molecular weight excluding hydrogens is 256 g/mol. The summed E-state index contributed by atoms with van der Waals surface area (Å²) in [5, 5.41) is 2.68. The van der Waals surface area contributed by atoms with Gasteiger partial charge in [-0.25, -0.2) is 4.98 Å². The van der Waals surface area contributed by atoms with Gasteiger partial charge in [-0.15, -0.1) is 0 Å². The molecule has 0 fully saturated rings. The van der Waals surface area contributed by atoms with Crippen molar-refractivity contribution < 1.29 is 14.3 Å². The van der Waals surface area contributed by atoms with Crippen molar-refractivity contribution in [2.75, 3.05) is 19.0 Å². The lowest BCUT2D eigenvalue weighted by molar-refractivity contribution is -0.118. The van der Waals surface area contributed by atoms with Gasteiger partial charge in [0.1, 0.15) is 17.3 Å². The first-order chi connectivity index (χ1) is 9.67. The summed E-state index contributed by atoms with van der Waals surface area (Å²) in [4.78, 5) is 15.8. The highest BCUT2D eigenvalue weighted by Crippen LogP contribution is 2.16. The van der Waals surface area contributed by atoms with E-state index in [0.717, 1.165) is 11.3 Å². The number of carbonyl (C=O) groups is 1. The minimum atomic E-state index is -0.251. The fourth-order valence-electron chi connectivity index (χ4n) is 1.60. The van der Waals surface area contributed by atoms with E-state index in [2.05, 4.69) is 10.3 Å². The molecule has 2 aromatic rings. The Morgan fingerprint density at radius 2 is 1.90 bits per heavy atom. The van der Waals surface area contributed by atoms with Gasteiger partial charge in [-0.3, -0.25) is 4.79 Å². The molecule has 1 heterocycles. The third-order valence-corrected chi connectivity index (χ3v) is 2.61. The number of pyridine rings is 1. The third kappa shape index (κ3) is 3.98. The standard InChI is InChI=1S/C15H16N2O3/c1-11-7-8-16-14(9-11)17-15(18)10-20-13-5-3-12(19-2)4-6-13/h3-9H,10H2,1-2H3,(H,16,17,18). The van der Waals surface area contributed by atoms with Crippen LogP contribution in [0.15, 0.2) is 42.6 Å². The lowest BCUT2D eigenvalue weighted by Gasteiger charge is -2.08. The average Bonchev–Trinajstić information content (AvgIpc) is 2.46. The minimum Gasteiger partial charge on any atom is -0.497 e. The topological polar surface area (TPSA) is 60.5 Å². The zero-order chi connectivity index (χ0) is 14.4. The fraction of sp³-hybridized carbons (Fsp3) is 0.200. The molecule has 0 radical (unpaired) electrons. The van der Waals surface area contributed by atoms with E-state index < -0.39 is 0 Å². The first kappa shape index (κ1) is 13.9. The van der Waals surface area contributed by atoms with Gasteiger partial charge in [0.2, 0.25) is 0 Å². The molecule has 1 aromatic carbocycles. The van der Waals surface area contributed by atoms with Crippen molar-refractivity contribution in [3.05, 3.63) is 48.2 Å². The van der Waals surface area contributed by atoms with E-state index >= 15 is 0 Å². The van der Waals surface area contributed by atoms with E-state index in [4.69, 9.17) is 9.47 Å². The molecule has 5 heteroatoms. The van der Waals surface area contributed by atoms with E-state index in [1.807, 2.05) is 13.0 Å². The molecule has 104 valence electrons. The Morgan fingerprint density at radius 3 is 2.55 bits per heavy atom. The first-order valence-corrected chi connectivity index (χ1v) is 6.17. The maximum absolute atomic E-state index is 11.7. The number of methoxy groups -OCH3 is 1. The summed E-state index contributed by atoms with van der Waals surface area (Å²) < 4.78 is 10.4. The molecule has 1 aromatic heterocycles. The van der Waals surface area contributed by atoms with Gasteiger partial charge in [-0.1, -0.05) is 0 Å². The van der Waals surface area contributed by atoms with Crippen LogP contribution in [0.1, 0.15) is 5.56 Å². The Morgan fingerprint density at radius 1 is 1.20 bits per heavy atom. The van der Waals surface area contributed by atoms with Crippen LogP contribution in [0, 0.1) is 6.92 Å². The Labute approximate surface area is 117 Å². The number of amides is 1. The second kappa shape index (κ2) is 6.56. The first-order valence-electron chi connectivity index (χ1n) is 6.17. The van der Waals surface area contributed by atoms with Gasteiger partial charge in [0.25, 0.3) is 5.91 Å². The lowest BCUT2D eigenvalue weighted by atomic mass is 10.3. The number of carbonyl (C=O) groups excluding carboxylic acids is 1. The smallest absolute Gasteiger partial charge is 0.263 e. The molecule has 0 atom stereocenters. The molecule has 0 aliphatic heterocycles. The number of benzene rings is 1. The number of anilines is 1. The van der Waals surface area contributed by atoms with Crippen molar-refractivity contribution in [2.45, 2.75) is 6.92 Å². The number of aromatic nitrogens is 1. The molecule has 1 N–H and O–H groups in total. The summed E-state index contributed by atoms with van der Waals surface area (Å²) in [6.45, 7) is 1.87. The quantitative estimate of drug-likeness (QED) is 0.908. The molecule has 0 saturated carbocycles. The molecule has 0 unspecified atom stereocenters. The van der Waals surface area contributed by atoms with Crippen molar-refractivity contribution in [3.63, 3.8) is 0 Å². The van der Waals surface area contributed by atoms with Crippen LogP contribution in [0.25, 0.3) is 0 Å².